The Bertz CT molecular complexity index is 420. The number of aliphatic hydroxyl groups excluding tert-OH is 2. The highest BCUT2D eigenvalue weighted by atomic mass is 16.7. The molecule has 2 N–H and O–H groups in total. The number of oxime groups is 2. The van der Waals surface area contributed by atoms with E-state index in [2.05, 4.69) is 10.3 Å². The normalized spacial score (nSPS) is 46.6. The number of nitrogens with zero attached hydrogens (tertiary/aromatic N) is 2. The Morgan fingerprint density at radius 3 is 1.84 bits per heavy atom. The fraction of sp³-hybridized carbons (Fsp3) is 0.846. The third-order valence-electron chi connectivity index (χ3n) is 5.28. The third-order valence-corrected chi connectivity index (χ3v) is 5.28. The average molecular weight is 266 g/mol. The quantitative estimate of drug-likeness (QED) is 0.752. The van der Waals surface area contributed by atoms with E-state index in [0.29, 0.717) is 0 Å². The minimum atomic E-state index is -0.190. The van der Waals surface area contributed by atoms with E-state index in [9.17, 15) is 10.2 Å². The van der Waals surface area contributed by atoms with Gasteiger partial charge < -0.3 is 19.9 Å². The van der Waals surface area contributed by atoms with E-state index in [0.717, 1.165) is 37.1 Å². The van der Waals surface area contributed by atoms with Crippen LogP contribution in [0.3, 0.4) is 0 Å². The SMILES string of the molecule is OCC1ON=C2[C@@H]1CCC21CC[C@H]2C1=NO[C@@H]2CO. The second-order valence-corrected chi connectivity index (χ2v) is 5.98. The van der Waals surface area contributed by atoms with Crippen molar-refractivity contribution in [2.24, 2.45) is 27.6 Å². The Hall–Kier alpha value is -1.14. The Balaban J connectivity index is 1.67. The van der Waals surface area contributed by atoms with Crippen LogP contribution in [0.15, 0.2) is 10.3 Å². The van der Waals surface area contributed by atoms with Crippen molar-refractivity contribution in [3.05, 3.63) is 0 Å². The van der Waals surface area contributed by atoms with E-state index < -0.39 is 0 Å². The molecule has 0 bridgehead atoms. The molecule has 0 saturated heterocycles. The predicted octanol–water partition coefficient (Wildman–Crippen LogP) is 0.287. The molecule has 2 aliphatic carbocycles. The summed E-state index contributed by atoms with van der Waals surface area (Å²) in [6.45, 7) is 0.0266. The van der Waals surface area contributed by atoms with Crippen molar-refractivity contribution >= 4 is 11.4 Å². The average Bonchev–Trinajstić information content (AvgIpc) is 3.15. The van der Waals surface area contributed by atoms with Crippen molar-refractivity contribution < 1.29 is 19.9 Å². The van der Waals surface area contributed by atoms with Crippen molar-refractivity contribution in [3.63, 3.8) is 0 Å². The summed E-state index contributed by atoms with van der Waals surface area (Å²) in [6.07, 6.45) is 3.61. The first kappa shape index (κ1) is 11.7. The lowest BCUT2D eigenvalue weighted by molar-refractivity contribution is 0.0145. The summed E-state index contributed by atoms with van der Waals surface area (Å²) in [5, 5.41) is 27.2. The maximum absolute atomic E-state index is 9.33. The van der Waals surface area contributed by atoms with Gasteiger partial charge in [0, 0.05) is 11.8 Å². The van der Waals surface area contributed by atoms with Crippen molar-refractivity contribution in [3.8, 4) is 0 Å². The molecule has 19 heavy (non-hydrogen) atoms. The number of rotatable bonds is 2. The highest BCUT2D eigenvalue weighted by Crippen LogP contribution is 2.55. The standard InChI is InChI=1S/C13H18N2O4/c16-5-9-7-1-3-13(11(7)14-18-9)4-2-8-10(6-17)19-15-12(8)13/h7-10,16-17H,1-6H2/t7-,8-,9-,10?,13?/m1/s1. The molecular weight excluding hydrogens is 248 g/mol. The largest absolute Gasteiger partial charge is 0.392 e. The fourth-order valence-corrected chi connectivity index (χ4v) is 4.31. The summed E-state index contributed by atoms with van der Waals surface area (Å²) in [7, 11) is 0. The van der Waals surface area contributed by atoms with E-state index in [4.69, 9.17) is 9.68 Å². The van der Waals surface area contributed by atoms with Crippen LogP contribution in [-0.2, 0) is 9.68 Å². The van der Waals surface area contributed by atoms with Gasteiger partial charge in [0.15, 0.2) is 12.2 Å². The highest BCUT2D eigenvalue weighted by Gasteiger charge is 2.61. The zero-order valence-electron chi connectivity index (χ0n) is 10.7. The number of aliphatic hydroxyl groups is 2. The summed E-state index contributed by atoms with van der Waals surface area (Å²) in [6, 6.07) is 0. The summed E-state index contributed by atoms with van der Waals surface area (Å²) >= 11 is 0. The van der Waals surface area contributed by atoms with Gasteiger partial charge in [-0.15, -0.1) is 0 Å². The molecule has 4 aliphatic rings. The van der Waals surface area contributed by atoms with Gasteiger partial charge in [-0.1, -0.05) is 10.3 Å². The summed E-state index contributed by atoms with van der Waals surface area (Å²) < 4.78 is 0. The first-order valence-electron chi connectivity index (χ1n) is 7.00. The van der Waals surface area contributed by atoms with Crippen molar-refractivity contribution in [1.82, 2.24) is 0 Å². The molecule has 0 aromatic carbocycles. The molecule has 104 valence electrons. The van der Waals surface area contributed by atoms with Crippen LogP contribution in [0.2, 0.25) is 0 Å². The van der Waals surface area contributed by atoms with E-state index in [1.807, 2.05) is 0 Å². The molecule has 2 unspecified atom stereocenters. The third kappa shape index (κ3) is 1.33. The van der Waals surface area contributed by atoms with E-state index in [1.165, 1.54) is 0 Å². The second kappa shape index (κ2) is 3.93. The molecule has 0 radical (unpaired) electrons. The fourth-order valence-electron chi connectivity index (χ4n) is 4.31. The second-order valence-electron chi connectivity index (χ2n) is 5.98. The van der Waals surface area contributed by atoms with Gasteiger partial charge in [0.1, 0.15) is 0 Å². The van der Waals surface area contributed by atoms with Crippen LogP contribution in [-0.4, -0.2) is 47.1 Å². The van der Waals surface area contributed by atoms with Crippen LogP contribution >= 0.6 is 0 Å². The van der Waals surface area contributed by atoms with Gasteiger partial charge in [-0.2, -0.15) is 0 Å². The number of hydrogen-bond donors (Lipinski definition) is 2. The zero-order valence-corrected chi connectivity index (χ0v) is 10.7. The number of hydrogen-bond acceptors (Lipinski definition) is 6. The smallest absolute Gasteiger partial charge is 0.158 e. The molecule has 0 aromatic rings. The first-order valence-corrected chi connectivity index (χ1v) is 7.00. The lowest BCUT2D eigenvalue weighted by Crippen LogP contribution is -2.36. The molecule has 4 rings (SSSR count). The van der Waals surface area contributed by atoms with Gasteiger partial charge >= 0.3 is 0 Å². The Morgan fingerprint density at radius 2 is 1.42 bits per heavy atom. The van der Waals surface area contributed by atoms with E-state index >= 15 is 0 Å². The summed E-state index contributed by atoms with van der Waals surface area (Å²) in [5.41, 5.74) is 1.98. The minimum absolute atomic E-state index is 0.0133. The van der Waals surface area contributed by atoms with Crippen LogP contribution in [0.25, 0.3) is 0 Å². The monoisotopic (exact) mass is 266 g/mol. The molecule has 2 saturated carbocycles. The molecule has 0 amide bonds. The van der Waals surface area contributed by atoms with Gasteiger partial charge in [0.25, 0.3) is 0 Å². The Morgan fingerprint density at radius 1 is 0.947 bits per heavy atom. The van der Waals surface area contributed by atoms with Gasteiger partial charge in [-0.25, -0.2) is 0 Å². The molecule has 2 aliphatic heterocycles. The Labute approximate surface area is 111 Å². The first-order chi connectivity index (χ1) is 9.30. The molecule has 6 nitrogen and oxygen atoms in total. The molecule has 2 heterocycles. The van der Waals surface area contributed by atoms with Crippen LogP contribution < -0.4 is 0 Å². The van der Waals surface area contributed by atoms with Gasteiger partial charge in [0.05, 0.1) is 30.1 Å². The summed E-state index contributed by atoms with van der Waals surface area (Å²) in [5.74, 6) is 0.444. The highest BCUT2D eigenvalue weighted by molar-refractivity contribution is 6.16. The summed E-state index contributed by atoms with van der Waals surface area (Å²) in [4.78, 5) is 10.7. The predicted molar refractivity (Wildman–Crippen MR) is 66.7 cm³/mol. The molecule has 1 spiro atoms. The molecule has 0 aromatic heterocycles. The number of fused-ring (bicyclic) bond motifs is 4. The van der Waals surface area contributed by atoms with Crippen LogP contribution in [0.1, 0.15) is 25.7 Å². The maximum Gasteiger partial charge on any atom is 0.158 e. The van der Waals surface area contributed by atoms with Crippen LogP contribution in [0.4, 0.5) is 0 Å². The van der Waals surface area contributed by atoms with E-state index in [1.54, 1.807) is 0 Å². The topological polar surface area (TPSA) is 83.6 Å². The molecule has 5 atom stereocenters. The van der Waals surface area contributed by atoms with Gasteiger partial charge in [0.2, 0.25) is 0 Å². The lowest BCUT2D eigenvalue weighted by atomic mass is 9.78. The minimum Gasteiger partial charge on any atom is -0.392 e. The zero-order chi connectivity index (χ0) is 13.0. The molecule has 6 heteroatoms. The van der Waals surface area contributed by atoms with Crippen molar-refractivity contribution in [1.29, 1.82) is 0 Å². The van der Waals surface area contributed by atoms with E-state index in [-0.39, 0.29) is 42.7 Å². The van der Waals surface area contributed by atoms with Gasteiger partial charge in [-0.3, -0.25) is 0 Å². The van der Waals surface area contributed by atoms with Gasteiger partial charge in [-0.05, 0) is 25.7 Å². The molecular formula is C13H18N2O4. The lowest BCUT2D eigenvalue weighted by Gasteiger charge is -2.22. The van der Waals surface area contributed by atoms with Crippen molar-refractivity contribution in [2.45, 2.75) is 37.9 Å². The molecule has 2 fully saturated rings. The Kier molecular flexibility index (Phi) is 2.41. The van der Waals surface area contributed by atoms with Crippen LogP contribution in [0.5, 0.6) is 0 Å². The van der Waals surface area contributed by atoms with Crippen LogP contribution in [0, 0.1) is 17.3 Å². The maximum atomic E-state index is 9.33. The van der Waals surface area contributed by atoms with Crippen molar-refractivity contribution in [2.75, 3.05) is 13.2 Å².